The fourth-order valence-electron chi connectivity index (χ4n) is 3.64. The molecule has 0 aliphatic heterocycles. The number of carbonyl (C=O) groups is 2. The lowest BCUT2D eigenvalue weighted by Crippen LogP contribution is -2.29. The molecule has 1 unspecified atom stereocenters. The molecular weight excluding hydrogens is 254 g/mol. The SMILES string of the molecule is NC(=O)C1CCc2c(c(C=O)nn2C2CCCCC2)C1. The van der Waals surface area contributed by atoms with Gasteiger partial charge in [0.15, 0.2) is 6.29 Å². The Kier molecular flexibility index (Phi) is 3.59. The summed E-state index contributed by atoms with van der Waals surface area (Å²) < 4.78 is 2.08. The van der Waals surface area contributed by atoms with Gasteiger partial charge in [-0.2, -0.15) is 5.10 Å². The van der Waals surface area contributed by atoms with Gasteiger partial charge in [-0.15, -0.1) is 0 Å². The van der Waals surface area contributed by atoms with Gasteiger partial charge in [0.25, 0.3) is 0 Å². The molecule has 0 bridgehead atoms. The van der Waals surface area contributed by atoms with Crippen LogP contribution in [0.1, 0.15) is 66.3 Å². The van der Waals surface area contributed by atoms with E-state index in [0.29, 0.717) is 18.2 Å². The van der Waals surface area contributed by atoms with Gasteiger partial charge in [0.05, 0.1) is 6.04 Å². The molecule has 1 fully saturated rings. The van der Waals surface area contributed by atoms with Gasteiger partial charge in [0.1, 0.15) is 5.69 Å². The van der Waals surface area contributed by atoms with Gasteiger partial charge < -0.3 is 5.73 Å². The van der Waals surface area contributed by atoms with Gasteiger partial charge in [-0.25, -0.2) is 0 Å². The molecule has 0 radical (unpaired) electrons. The summed E-state index contributed by atoms with van der Waals surface area (Å²) in [5, 5.41) is 4.52. The quantitative estimate of drug-likeness (QED) is 0.854. The number of amides is 1. The van der Waals surface area contributed by atoms with E-state index in [4.69, 9.17) is 5.73 Å². The van der Waals surface area contributed by atoms with Crippen molar-refractivity contribution in [2.45, 2.75) is 57.4 Å². The average Bonchev–Trinajstić information content (AvgIpc) is 2.86. The first kappa shape index (κ1) is 13.3. The largest absolute Gasteiger partial charge is 0.369 e. The molecule has 0 aromatic carbocycles. The highest BCUT2D eigenvalue weighted by Gasteiger charge is 2.31. The summed E-state index contributed by atoms with van der Waals surface area (Å²) in [6, 6.07) is 0.427. The van der Waals surface area contributed by atoms with Crippen molar-refractivity contribution >= 4 is 12.2 Å². The first-order chi connectivity index (χ1) is 9.70. The standard InChI is InChI=1S/C15H21N3O2/c16-15(20)10-6-7-14-12(8-10)13(9-19)17-18(14)11-4-2-1-3-5-11/h9-11H,1-8H2,(H2,16,20). The zero-order chi connectivity index (χ0) is 14.1. The minimum atomic E-state index is -0.266. The van der Waals surface area contributed by atoms with Crippen LogP contribution in [0.2, 0.25) is 0 Å². The second kappa shape index (κ2) is 5.38. The van der Waals surface area contributed by atoms with Crippen LogP contribution in [0.5, 0.6) is 0 Å². The smallest absolute Gasteiger partial charge is 0.220 e. The molecule has 1 aromatic heterocycles. The molecule has 20 heavy (non-hydrogen) atoms. The Balaban J connectivity index is 1.94. The van der Waals surface area contributed by atoms with Crippen molar-refractivity contribution in [3.8, 4) is 0 Å². The van der Waals surface area contributed by atoms with Crippen molar-refractivity contribution in [2.75, 3.05) is 0 Å². The summed E-state index contributed by atoms with van der Waals surface area (Å²) in [6.07, 6.45) is 9.03. The van der Waals surface area contributed by atoms with E-state index in [1.807, 2.05) is 0 Å². The Bertz CT molecular complexity index is 529. The molecular formula is C15H21N3O2. The first-order valence-electron chi connectivity index (χ1n) is 7.55. The van der Waals surface area contributed by atoms with Crippen molar-refractivity contribution in [3.05, 3.63) is 17.0 Å². The third-order valence-corrected chi connectivity index (χ3v) is 4.76. The number of hydrogen-bond donors (Lipinski definition) is 1. The number of hydrogen-bond acceptors (Lipinski definition) is 3. The third kappa shape index (κ3) is 2.25. The van der Waals surface area contributed by atoms with E-state index in [-0.39, 0.29) is 11.8 Å². The fraction of sp³-hybridized carbons (Fsp3) is 0.667. The molecule has 0 saturated heterocycles. The molecule has 0 spiro atoms. The maximum Gasteiger partial charge on any atom is 0.220 e. The van der Waals surface area contributed by atoms with Gasteiger partial charge in [-0.05, 0) is 32.1 Å². The summed E-state index contributed by atoms with van der Waals surface area (Å²) in [4.78, 5) is 22.6. The predicted molar refractivity (Wildman–Crippen MR) is 74.4 cm³/mol. The minimum Gasteiger partial charge on any atom is -0.369 e. The van der Waals surface area contributed by atoms with E-state index in [2.05, 4.69) is 9.78 Å². The van der Waals surface area contributed by atoms with Crippen LogP contribution >= 0.6 is 0 Å². The lowest BCUT2D eigenvalue weighted by molar-refractivity contribution is -0.122. The van der Waals surface area contributed by atoms with E-state index in [9.17, 15) is 9.59 Å². The lowest BCUT2D eigenvalue weighted by Gasteiger charge is -2.26. The van der Waals surface area contributed by atoms with E-state index >= 15 is 0 Å². The van der Waals surface area contributed by atoms with Crippen LogP contribution in [-0.4, -0.2) is 22.0 Å². The number of fused-ring (bicyclic) bond motifs is 1. The summed E-state index contributed by atoms with van der Waals surface area (Å²) in [5.41, 5.74) is 8.04. The van der Waals surface area contributed by atoms with Crippen LogP contribution in [0.25, 0.3) is 0 Å². The Morgan fingerprint density at radius 1 is 1.25 bits per heavy atom. The molecule has 5 heteroatoms. The van der Waals surface area contributed by atoms with Crippen molar-refractivity contribution in [1.82, 2.24) is 9.78 Å². The molecule has 5 nitrogen and oxygen atoms in total. The summed E-state index contributed by atoms with van der Waals surface area (Å²) in [6.45, 7) is 0. The van der Waals surface area contributed by atoms with Gasteiger partial charge in [0.2, 0.25) is 5.91 Å². The molecule has 108 valence electrons. The van der Waals surface area contributed by atoms with E-state index in [1.165, 1.54) is 19.3 Å². The number of aromatic nitrogens is 2. The Morgan fingerprint density at radius 3 is 2.65 bits per heavy atom. The molecule has 1 aromatic rings. The van der Waals surface area contributed by atoms with Crippen LogP contribution in [0.15, 0.2) is 0 Å². The number of nitrogens with zero attached hydrogens (tertiary/aromatic N) is 2. The predicted octanol–water partition coefficient (Wildman–Crippen LogP) is 1.79. The summed E-state index contributed by atoms with van der Waals surface area (Å²) in [7, 11) is 0. The Hall–Kier alpha value is -1.65. The number of nitrogens with two attached hydrogens (primary N) is 1. The van der Waals surface area contributed by atoms with Crippen molar-refractivity contribution < 1.29 is 9.59 Å². The first-order valence-corrected chi connectivity index (χ1v) is 7.55. The van der Waals surface area contributed by atoms with E-state index in [0.717, 1.165) is 43.2 Å². The highest BCUT2D eigenvalue weighted by atomic mass is 16.1. The number of aldehydes is 1. The molecule has 1 heterocycles. The lowest BCUT2D eigenvalue weighted by atomic mass is 9.85. The van der Waals surface area contributed by atoms with Crippen molar-refractivity contribution in [1.29, 1.82) is 0 Å². The molecule has 2 aliphatic carbocycles. The van der Waals surface area contributed by atoms with E-state index in [1.54, 1.807) is 0 Å². The van der Waals surface area contributed by atoms with Crippen LogP contribution < -0.4 is 5.73 Å². The average molecular weight is 275 g/mol. The highest BCUT2D eigenvalue weighted by Crippen LogP contribution is 2.34. The topological polar surface area (TPSA) is 78.0 Å². The number of primary amides is 1. The number of rotatable bonds is 3. The molecule has 1 amide bonds. The monoisotopic (exact) mass is 275 g/mol. The minimum absolute atomic E-state index is 0.148. The van der Waals surface area contributed by atoms with Crippen LogP contribution in [-0.2, 0) is 17.6 Å². The molecule has 2 aliphatic rings. The van der Waals surface area contributed by atoms with Gasteiger partial charge in [-0.1, -0.05) is 19.3 Å². The highest BCUT2D eigenvalue weighted by molar-refractivity contribution is 5.79. The zero-order valence-electron chi connectivity index (χ0n) is 11.7. The number of carbonyl (C=O) groups excluding carboxylic acids is 2. The normalized spacial score (nSPS) is 23.3. The van der Waals surface area contributed by atoms with Gasteiger partial charge in [0, 0.05) is 17.2 Å². The van der Waals surface area contributed by atoms with Crippen molar-refractivity contribution in [2.24, 2.45) is 11.7 Å². The van der Waals surface area contributed by atoms with Crippen LogP contribution in [0, 0.1) is 5.92 Å². The third-order valence-electron chi connectivity index (χ3n) is 4.76. The van der Waals surface area contributed by atoms with Crippen LogP contribution in [0.4, 0.5) is 0 Å². The van der Waals surface area contributed by atoms with E-state index < -0.39 is 0 Å². The van der Waals surface area contributed by atoms with Gasteiger partial charge >= 0.3 is 0 Å². The molecule has 1 saturated carbocycles. The molecule has 1 atom stereocenters. The maximum atomic E-state index is 11.4. The Labute approximate surface area is 118 Å². The van der Waals surface area contributed by atoms with Gasteiger partial charge in [-0.3, -0.25) is 14.3 Å². The molecule has 2 N–H and O–H groups in total. The second-order valence-electron chi connectivity index (χ2n) is 6.01. The van der Waals surface area contributed by atoms with Crippen LogP contribution in [0.3, 0.4) is 0 Å². The Morgan fingerprint density at radius 2 is 2.00 bits per heavy atom. The second-order valence-corrected chi connectivity index (χ2v) is 6.01. The summed E-state index contributed by atoms with van der Waals surface area (Å²) in [5.74, 6) is -0.414. The van der Waals surface area contributed by atoms with Crippen molar-refractivity contribution in [3.63, 3.8) is 0 Å². The maximum absolute atomic E-state index is 11.4. The zero-order valence-corrected chi connectivity index (χ0v) is 11.7. The summed E-state index contributed by atoms with van der Waals surface area (Å²) >= 11 is 0. The molecule has 3 rings (SSSR count). The fourth-order valence-corrected chi connectivity index (χ4v) is 3.64.